The lowest BCUT2D eigenvalue weighted by Crippen LogP contribution is -2.71. The van der Waals surface area contributed by atoms with Gasteiger partial charge >= 0.3 is 11.3 Å². The molecule has 0 spiro atoms. The maximum absolute atomic E-state index is 12.2. The van der Waals surface area contributed by atoms with Crippen molar-refractivity contribution in [3.8, 4) is 0 Å². The van der Waals surface area contributed by atoms with E-state index < -0.39 is 0 Å². The number of piperazine rings is 1. The molecule has 21 heavy (non-hydrogen) atoms. The van der Waals surface area contributed by atoms with E-state index in [1.54, 1.807) is 24.0 Å². The monoisotopic (exact) mass is 293 g/mol. The molecule has 8 heteroatoms. The zero-order valence-electron chi connectivity index (χ0n) is 12.5. The number of hydrogen-bond donors (Lipinski definition) is 2. The number of aliphatic hydroxyl groups is 1. The number of aliphatic hydroxyl groups excluding tert-OH is 1. The Labute approximate surface area is 122 Å². The Morgan fingerprint density at radius 2 is 2.29 bits per heavy atom. The molecule has 1 fully saturated rings. The number of aryl methyl sites for hydroxylation is 1. The highest BCUT2D eigenvalue weighted by atomic mass is 16.3. The lowest BCUT2D eigenvalue weighted by atomic mass is 10.2. The first-order valence-corrected chi connectivity index (χ1v) is 7.12. The third kappa shape index (κ3) is 2.30. The van der Waals surface area contributed by atoms with E-state index in [2.05, 4.69) is 29.2 Å². The van der Waals surface area contributed by atoms with E-state index in [9.17, 15) is 9.90 Å². The van der Waals surface area contributed by atoms with E-state index in [-0.39, 0.29) is 18.2 Å². The summed E-state index contributed by atoms with van der Waals surface area (Å²) >= 11 is 0. The first-order valence-electron chi connectivity index (χ1n) is 7.12. The fourth-order valence-corrected chi connectivity index (χ4v) is 2.70. The maximum atomic E-state index is 12.2. The van der Waals surface area contributed by atoms with Crippen LogP contribution >= 0.6 is 0 Å². The molecule has 2 atom stereocenters. The molecule has 1 aliphatic heterocycles. The second kappa shape index (κ2) is 5.12. The van der Waals surface area contributed by atoms with Crippen LogP contribution in [0.3, 0.4) is 0 Å². The molecule has 2 aromatic heterocycles. The molecule has 0 unspecified atom stereocenters. The standard InChI is InChI=1S/C13H21N6O2/c1-9-5-17(10(2)4-14-9)19-7-12(21)16(3)18-6-11(8-20)15-13(18)19/h6-7,9-10,14,20H,4-5,8H2,1-3H3/q+1/t9-,10+/m1/s1. The molecule has 0 aromatic carbocycles. The van der Waals surface area contributed by atoms with Gasteiger partial charge in [-0.1, -0.05) is 4.98 Å². The van der Waals surface area contributed by atoms with Gasteiger partial charge in [0, 0.05) is 19.6 Å². The van der Waals surface area contributed by atoms with Gasteiger partial charge < -0.3 is 10.4 Å². The number of imidazole rings is 1. The third-order valence-corrected chi connectivity index (χ3v) is 3.97. The van der Waals surface area contributed by atoms with Crippen LogP contribution in [0.1, 0.15) is 19.5 Å². The van der Waals surface area contributed by atoms with Crippen molar-refractivity contribution in [3.05, 3.63) is 28.4 Å². The molecule has 0 aliphatic carbocycles. The quantitative estimate of drug-likeness (QED) is 0.634. The largest absolute Gasteiger partial charge is 0.443 e. The van der Waals surface area contributed by atoms with Crippen LogP contribution in [0.25, 0.3) is 5.78 Å². The van der Waals surface area contributed by atoms with E-state index in [1.165, 1.54) is 4.68 Å². The van der Waals surface area contributed by atoms with Crippen LogP contribution in [-0.4, -0.2) is 44.5 Å². The van der Waals surface area contributed by atoms with Crippen molar-refractivity contribution in [1.82, 2.24) is 19.5 Å². The SMILES string of the molecule is C[C@@H]1CN([n+]2cc(=O)n(C)n3cc(CO)nc32)[C@@H](C)CN1. The maximum Gasteiger partial charge on any atom is 0.443 e. The number of hydrogen-bond acceptors (Lipinski definition) is 5. The van der Waals surface area contributed by atoms with Crippen LogP contribution in [0.15, 0.2) is 17.2 Å². The fraction of sp³-hybridized carbons (Fsp3) is 0.615. The van der Waals surface area contributed by atoms with Gasteiger partial charge in [0.05, 0.1) is 12.6 Å². The zero-order valence-corrected chi connectivity index (χ0v) is 12.5. The van der Waals surface area contributed by atoms with Gasteiger partial charge in [-0.05, 0) is 13.8 Å². The van der Waals surface area contributed by atoms with Crippen LogP contribution in [-0.2, 0) is 13.7 Å². The fourth-order valence-electron chi connectivity index (χ4n) is 2.70. The summed E-state index contributed by atoms with van der Waals surface area (Å²) in [6.45, 7) is 5.71. The molecule has 0 amide bonds. The van der Waals surface area contributed by atoms with Gasteiger partial charge in [0.25, 0.3) is 0 Å². The predicted molar refractivity (Wildman–Crippen MR) is 76.6 cm³/mol. The van der Waals surface area contributed by atoms with Gasteiger partial charge in [-0.15, -0.1) is 9.19 Å². The highest BCUT2D eigenvalue weighted by Gasteiger charge is 2.29. The predicted octanol–water partition coefficient (Wildman–Crippen LogP) is -1.87. The summed E-state index contributed by atoms with van der Waals surface area (Å²) in [5, 5.41) is 14.8. The summed E-state index contributed by atoms with van der Waals surface area (Å²) in [7, 11) is 1.69. The van der Waals surface area contributed by atoms with Gasteiger partial charge in [0.15, 0.2) is 11.9 Å². The molecular formula is C13H21N6O2+. The first-order chi connectivity index (χ1) is 10.0. The summed E-state index contributed by atoms with van der Waals surface area (Å²) in [5.74, 6) is 0.627. The number of aromatic nitrogens is 4. The topological polar surface area (TPSA) is 78.7 Å². The lowest BCUT2D eigenvalue weighted by Gasteiger charge is -2.36. The second-order valence-corrected chi connectivity index (χ2v) is 5.65. The van der Waals surface area contributed by atoms with E-state index in [4.69, 9.17) is 0 Å². The molecule has 0 saturated carbocycles. The molecule has 8 nitrogen and oxygen atoms in total. The van der Waals surface area contributed by atoms with Crippen molar-refractivity contribution >= 4 is 5.78 Å². The summed E-state index contributed by atoms with van der Waals surface area (Å²) in [6, 6.07) is 0.585. The van der Waals surface area contributed by atoms with Gasteiger partial charge in [-0.25, -0.2) is 0 Å². The van der Waals surface area contributed by atoms with Crippen molar-refractivity contribution in [3.63, 3.8) is 0 Å². The minimum Gasteiger partial charge on any atom is -0.388 e. The summed E-state index contributed by atoms with van der Waals surface area (Å²) < 4.78 is 4.96. The minimum atomic E-state index is -0.149. The number of nitrogens with one attached hydrogen (secondary N) is 1. The number of rotatable bonds is 2. The zero-order chi connectivity index (χ0) is 15.1. The van der Waals surface area contributed by atoms with E-state index in [0.29, 0.717) is 17.5 Å². The Balaban J connectivity index is 2.19. The average molecular weight is 293 g/mol. The Hall–Kier alpha value is -1.93. The van der Waals surface area contributed by atoms with Crippen molar-refractivity contribution in [1.29, 1.82) is 0 Å². The molecule has 0 bridgehead atoms. The Kier molecular flexibility index (Phi) is 3.42. The Morgan fingerprint density at radius 3 is 3.00 bits per heavy atom. The molecule has 2 N–H and O–H groups in total. The molecule has 1 saturated heterocycles. The van der Waals surface area contributed by atoms with Crippen LogP contribution in [0.5, 0.6) is 0 Å². The molecule has 114 valence electrons. The average Bonchev–Trinajstić information content (AvgIpc) is 2.90. The molecule has 1 aliphatic rings. The first kappa shape index (κ1) is 14.0. The molecule has 2 aromatic rings. The van der Waals surface area contributed by atoms with E-state index in [1.807, 2.05) is 4.68 Å². The second-order valence-electron chi connectivity index (χ2n) is 5.65. The smallest absolute Gasteiger partial charge is 0.388 e. The Bertz CT molecular complexity index is 721. The van der Waals surface area contributed by atoms with Gasteiger partial charge in [0.1, 0.15) is 12.8 Å². The van der Waals surface area contributed by atoms with Crippen LogP contribution in [0, 0.1) is 0 Å². The van der Waals surface area contributed by atoms with Crippen LogP contribution in [0.2, 0.25) is 0 Å². The van der Waals surface area contributed by atoms with Crippen molar-refractivity contribution in [2.75, 3.05) is 18.1 Å². The number of nitrogens with zero attached hydrogens (tertiary/aromatic N) is 5. The molecule has 3 heterocycles. The van der Waals surface area contributed by atoms with Crippen LogP contribution in [0.4, 0.5) is 0 Å². The summed E-state index contributed by atoms with van der Waals surface area (Å²) in [6.07, 6.45) is 3.24. The van der Waals surface area contributed by atoms with Gasteiger partial charge in [-0.2, -0.15) is 4.68 Å². The van der Waals surface area contributed by atoms with Crippen molar-refractivity contribution in [2.24, 2.45) is 7.05 Å². The highest BCUT2D eigenvalue weighted by molar-refractivity contribution is 5.22. The summed E-state index contributed by atoms with van der Waals surface area (Å²) in [5.41, 5.74) is 0.420. The normalized spacial score (nSPS) is 23.0. The molecule has 3 rings (SSSR count). The number of fused-ring (bicyclic) bond motifs is 1. The van der Waals surface area contributed by atoms with Crippen LogP contribution < -0.4 is 20.6 Å². The van der Waals surface area contributed by atoms with E-state index >= 15 is 0 Å². The molecule has 0 radical (unpaired) electrons. The van der Waals surface area contributed by atoms with Crippen molar-refractivity contribution in [2.45, 2.75) is 32.5 Å². The molecular weight excluding hydrogens is 272 g/mol. The Morgan fingerprint density at radius 1 is 1.52 bits per heavy atom. The highest BCUT2D eigenvalue weighted by Crippen LogP contribution is 2.04. The van der Waals surface area contributed by atoms with Crippen molar-refractivity contribution < 1.29 is 9.78 Å². The minimum absolute atomic E-state index is 0.122. The lowest BCUT2D eigenvalue weighted by molar-refractivity contribution is -0.680. The van der Waals surface area contributed by atoms with Gasteiger partial charge in [-0.3, -0.25) is 9.80 Å². The summed E-state index contributed by atoms with van der Waals surface area (Å²) in [4.78, 5) is 16.6. The van der Waals surface area contributed by atoms with E-state index in [0.717, 1.165) is 13.1 Å². The third-order valence-electron chi connectivity index (χ3n) is 3.97. The van der Waals surface area contributed by atoms with Gasteiger partial charge in [0.2, 0.25) is 0 Å².